The zero-order valence-corrected chi connectivity index (χ0v) is 69.4. The third-order valence-electron chi connectivity index (χ3n) is 20.1. The van der Waals surface area contributed by atoms with E-state index < -0.39 is 97.5 Å². The highest BCUT2D eigenvalue weighted by Crippen LogP contribution is 2.45. The Morgan fingerprint density at radius 3 is 0.738 bits per heavy atom. The van der Waals surface area contributed by atoms with Crippen LogP contribution in [0.15, 0.2) is 0 Å². The molecule has 612 valence electrons. The number of phosphoric ester groups is 2. The quantitative estimate of drug-likeness (QED) is 0.0222. The molecule has 0 aromatic carbocycles. The van der Waals surface area contributed by atoms with Gasteiger partial charge in [0, 0.05) is 25.7 Å². The molecule has 0 rings (SSSR count). The topological polar surface area (TPSA) is 237 Å². The van der Waals surface area contributed by atoms with Crippen molar-refractivity contribution in [3.05, 3.63) is 0 Å². The van der Waals surface area contributed by atoms with Crippen LogP contribution in [0.5, 0.6) is 0 Å². The van der Waals surface area contributed by atoms with Crippen molar-refractivity contribution in [3.63, 3.8) is 0 Å². The van der Waals surface area contributed by atoms with Gasteiger partial charge in [-0.25, -0.2) is 9.13 Å². The minimum atomic E-state index is -4.96. The minimum Gasteiger partial charge on any atom is -0.462 e. The fraction of sp³-hybridized carbons (Fsp3) is 0.952. The predicted molar refractivity (Wildman–Crippen MR) is 423 cm³/mol. The second-order valence-electron chi connectivity index (χ2n) is 30.9. The predicted octanol–water partition coefficient (Wildman–Crippen LogP) is 25.5. The molecule has 0 aromatic rings. The third kappa shape index (κ3) is 76.6. The molecule has 19 heteroatoms. The third-order valence-corrected chi connectivity index (χ3v) is 22.0. The molecule has 6 atom stereocenters. The van der Waals surface area contributed by atoms with E-state index in [-0.39, 0.29) is 25.7 Å². The standard InChI is InChI=1S/C84H164O17P2/c1-7-10-12-14-16-18-20-22-24-25-26-27-28-29-31-33-35-44-50-56-62-68-83(88)100-79(72-94-81(86)66-60-54-48-42-34-32-30-23-21-19-17-15-13-11-8-2)74-98-102(90,91)96-70-78(85)71-97-103(92,93)99-75-80(73-95-82(87)67-61-55-49-43-38-36-40-46-52-58-64-76(4)5)101-84(89)69-63-57-51-45-39-37-41-47-53-59-65-77(6)9-3/h76-80,85H,7-75H2,1-6H3,(H,90,91)(H,92,93)/t77?,78-,79-,80-/m1/s1. The molecule has 0 aromatic heterocycles. The van der Waals surface area contributed by atoms with Crippen LogP contribution in [0.25, 0.3) is 0 Å². The van der Waals surface area contributed by atoms with E-state index in [1.54, 1.807) is 0 Å². The largest absolute Gasteiger partial charge is 0.472 e. The van der Waals surface area contributed by atoms with Crippen molar-refractivity contribution in [2.24, 2.45) is 11.8 Å². The van der Waals surface area contributed by atoms with Gasteiger partial charge in [0.2, 0.25) is 0 Å². The van der Waals surface area contributed by atoms with Gasteiger partial charge in [0.25, 0.3) is 0 Å². The number of esters is 4. The van der Waals surface area contributed by atoms with Gasteiger partial charge in [-0.2, -0.15) is 0 Å². The van der Waals surface area contributed by atoms with E-state index in [0.717, 1.165) is 102 Å². The molecule has 0 aliphatic carbocycles. The number of ether oxygens (including phenoxy) is 4. The van der Waals surface area contributed by atoms with Crippen LogP contribution >= 0.6 is 15.6 Å². The second-order valence-corrected chi connectivity index (χ2v) is 33.8. The van der Waals surface area contributed by atoms with Crippen molar-refractivity contribution < 1.29 is 80.2 Å². The molecule has 0 heterocycles. The number of hydrogen-bond donors (Lipinski definition) is 3. The molecular weight excluding hydrogens is 1340 g/mol. The molecule has 3 N–H and O–H groups in total. The van der Waals surface area contributed by atoms with Gasteiger partial charge in [-0.1, -0.05) is 395 Å². The highest BCUT2D eigenvalue weighted by atomic mass is 31.2. The van der Waals surface area contributed by atoms with Crippen molar-refractivity contribution in [2.75, 3.05) is 39.6 Å². The van der Waals surface area contributed by atoms with E-state index in [2.05, 4.69) is 41.5 Å². The Hall–Kier alpha value is -1.94. The lowest BCUT2D eigenvalue weighted by molar-refractivity contribution is -0.161. The molecule has 17 nitrogen and oxygen atoms in total. The summed E-state index contributed by atoms with van der Waals surface area (Å²) in [5, 5.41) is 10.7. The number of carbonyl (C=O) groups is 4. The summed E-state index contributed by atoms with van der Waals surface area (Å²) in [7, 11) is -9.93. The van der Waals surface area contributed by atoms with Gasteiger partial charge in [-0.15, -0.1) is 0 Å². The molecule has 0 saturated heterocycles. The second kappa shape index (κ2) is 75.5. The monoisotopic (exact) mass is 1510 g/mol. The van der Waals surface area contributed by atoms with Gasteiger partial charge in [0.1, 0.15) is 19.3 Å². The number of phosphoric acid groups is 2. The molecule has 3 unspecified atom stereocenters. The fourth-order valence-corrected chi connectivity index (χ4v) is 14.6. The van der Waals surface area contributed by atoms with Crippen LogP contribution in [0.3, 0.4) is 0 Å². The number of aliphatic hydroxyl groups is 1. The Kier molecular flexibility index (Phi) is 74.1. The molecule has 0 spiro atoms. The lowest BCUT2D eigenvalue weighted by atomic mass is 9.99. The molecule has 0 fully saturated rings. The smallest absolute Gasteiger partial charge is 0.462 e. The SMILES string of the molecule is CCCCCCCCCCCCCCCCCCCCCCCC(=O)O[C@H](COC(=O)CCCCCCCCCCCCCCCCC)COP(=O)(O)OC[C@@H](O)COP(=O)(O)OC[C@@H](COC(=O)CCCCCCCCCCCCC(C)C)OC(=O)CCCCCCCCCCCCC(C)CC. The molecule has 0 bridgehead atoms. The van der Waals surface area contributed by atoms with Crippen LogP contribution in [-0.2, 0) is 65.4 Å². The Morgan fingerprint density at radius 1 is 0.282 bits per heavy atom. The maximum atomic E-state index is 13.1. The first-order chi connectivity index (χ1) is 49.9. The summed E-state index contributed by atoms with van der Waals surface area (Å²) >= 11 is 0. The van der Waals surface area contributed by atoms with Gasteiger partial charge in [-0.05, 0) is 37.5 Å². The van der Waals surface area contributed by atoms with Gasteiger partial charge < -0.3 is 33.8 Å². The first-order valence-electron chi connectivity index (χ1n) is 43.5. The number of rotatable bonds is 83. The van der Waals surface area contributed by atoms with Crippen LogP contribution in [0.2, 0.25) is 0 Å². The van der Waals surface area contributed by atoms with Crippen LogP contribution < -0.4 is 0 Å². The fourth-order valence-electron chi connectivity index (χ4n) is 13.0. The summed E-state index contributed by atoms with van der Waals surface area (Å²) in [4.78, 5) is 73.2. The van der Waals surface area contributed by atoms with E-state index in [1.165, 1.54) is 263 Å². The van der Waals surface area contributed by atoms with Gasteiger partial charge in [-0.3, -0.25) is 37.3 Å². The highest BCUT2D eigenvalue weighted by Gasteiger charge is 2.30. The summed E-state index contributed by atoms with van der Waals surface area (Å²) in [6.45, 7) is 9.68. The van der Waals surface area contributed by atoms with E-state index in [0.29, 0.717) is 25.7 Å². The number of unbranched alkanes of at least 4 members (excludes halogenated alkanes) is 52. The maximum Gasteiger partial charge on any atom is 0.472 e. The van der Waals surface area contributed by atoms with E-state index >= 15 is 0 Å². The van der Waals surface area contributed by atoms with Crippen molar-refractivity contribution >= 4 is 39.5 Å². The van der Waals surface area contributed by atoms with Crippen LogP contribution in [0, 0.1) is 11.8 Å². The lowest BCUT2D eigenvalue weighted by Crippen LogP contribution is -2.30. The molecule has 0 aliphatic heterocycles. The lowest BCUT2D eigenvalue weighted by Gasteiger charge is -2.21. The summed E-state index contributed by atoms with van der Waals surface area (Å²) in [5.41, 5.74) is 0. The minimum absolute atomic E-state index is 0.106. The summed E-state index contributed by atoms with van der Waals surface area (Å²) in [6.07, 6.45) is 66.5. The van der Waals surface area contributed by atoms with Crippen LogP contribution in [0.1, 0.15) is 446 Å². The molecule has 0 saturated carbocycles. The zero-order valence-electron chi connectivity index (χ0n) is 67.6. The molecular formula is C84H164O17P2. The summed E-state index contributed by atoms with van der Waals surface area (Å²) in [6, 6.07) is 0. The average Bonchev–Trinajstić information content (AvgIpc) is 0.909. The molecule has 0 amide bonds. The molecule has 0 radical (unpaired) electrons. The first-order valence-corrected chi connectivity index (χ1v) is 46.5. The van der Waals surface area contributed by atoms with Gasteiger partial charge in [0.15, 0.2) is 12.2 Å². The van der Waals surface area contributed by atoms with Gasteiger partial charge in [0.05, 0.1) is 26.4 Å². The van der Waals surface area contributed by atoms with Crippen molar-refractivity contribution in [1.29, 1.82) is 0 Å². The number of hydrogen-bond acceptors (Lipinski definition) is 15. The number of carbonyl (C=O) groups excluding carboxylic acids is 4. The van der Waals surface area contributed by atoms with E-state index in [9.17, 15) is 43.2 Å². The van der Waals surface area contributed by atoms with Crippen molar-refractivity contribution in [1.82, 2.24) is 0 Å². The highest BCUT2D eigenvalue weighted by molar-refractivity contribution is 7.47. The maximum absolute atomic E-state index is 13.1. The Balaban J connectivity index is 5.25. The number of aliphatic hydroxyl groups excluding tert-OH is 1. The van der Waals surface area contributed by atoms with E-state index in [1.807, 2.05) is 0 Å². The van der Waals surface area contributed by atoms with Gasteiger partial charge >= 0.3 is 39.5 Å². The summed E-state index contributed by atoms with van der Waals surface area (Å²) < 4.78 is 68.9. The van der Waals surface area contributed by atoms with Crippen LogP contribution in [-0.4, -0.2) is 96.7 Å². The Labute approximate surface area is 632 Å². The Morgan fingerprint density at radius 2 is 0.495 bits per heavy atom. The molecule has 0 aliphatic rings. The normalized spacial score (nSPS) is 14.1. The van der Waals surface area contributed by atoms with Crippen molar-refractivity contribution in [3.8, 4) is 0 Å². The molecule has 103 heavy (non-hydrogen) atoms. The van der Waals surface area contributed by atoms with Crippen LogP contribution in [0.4, 0.5) is 0 Å². The van der Waals surface area contributed by atoms with Crippen molar-refractivity contribution in [2.45, 2.75) is 464 Å². The first kappa shape index (κ1) is 101. The zero-order chi connectivity index (χ0) is 75.6. The average molecular weight is 1510 g/mol. The Bertz CT molecular complexity index is 1980. The summed E-state index contributed by atoms with van der Waals surface area (Å²) in [5.74, 6) is -0.543. The van der Waals surface area contributed by atoms with E-state index in [4.69, 9.17) is 37.0 Å².